The van der Waals surface area contributed by atoms with Crippen LogP contribution in [0.2, 0.25) is 0 Å². The maximum atomic E-state index is 14.0. The summed E-state index contributed by atoms with van der Waals surface area (Å²) in [7, 11) is 0. The van der Waals surface area contributed by atoms with E-state index in [0.29, 0.717) is 5.69 Å². The summed E-state index contributed by atoms with van der Waals surface area (Å²) in [5.74, 6) is 0. The minimum atomic E-state index is -4.58. The molecule has 234 valence electrons. The Kier molecular flexibility index (Phi) is 8.11. The average Bonchev–Trinajstić information content (AvgIpc) is 3.12. The van der Waals surface area contributed by atoms with E-state index in [0.717, 1.165) is 67.7 Å². The minimum absolute atomic E-state index is 0.141. The highest BCUT2D eigenvalue weighted by molar-refractivity contribution is 5.95. The Hall–Kier alpha value is -5.95. The van der Waals surface area contributed by atoms with Crippen LogP contribution in [0, 0.1) is 13.8 Å². The third-order valence-electron chi connectivity index (χ3n) is 8.36. The lowest BCUT2D eigenvalue weighted by Gasteiger charge is -2.20. The van der Waals surface area contributed by atoms with E-state index in [2.05, 4.69) is 41.2 Å². The van der Waals surface area contributed by atoms with Crippen LogP contribution in [0.1, 0.15) is 16.7 Å². The van der Waals surface area contributed by atoms with Gasteiger partial charge in [-0.1, -0.05) is 66.7 Å². The summed E-state index contributed by atoms with van der Waals surface area (Å²) in [6, 6.07) is 39.5. The number of benzene rings is 3. The molecule has 0 amide bonds. The number of hydrogen-bond donors (Lipinski definition) is 0. The van der Waals surface area contributed by atoms with E-state index in [1.54, 1.807) is 18.3 Å². The molecule has 4 aromatic heterocycles. The topological polar surface area (TPSA) is 51.6 Å². The largest absolute Gasteiger partial charge is 0.418 e. The van der Waals surface area contributed by atoms with Crippen molar-refractivity contribution < 1.29 is 13.2 Å². The second-order valence-electron chi connectivity index (χ2n) is 11.5. The van der Waals surface area contributed by atoms with Gasteiger partial charge in [0, 0.05) is 23.5 Å². The molecule has 3 aromatic carbocycles. The minimum Gasteiger partial charge on any atom is -0.255 e. The van der Waals surface area contributed by atoms with Gasteiger partial charge in [0.15, 0.2) is 0 Å². The van der Waals surface area contributed by atoms with E-state index in [-0.39, 0.29) is 11.4 Å². The van der Waals surface area contributed by atoms with Gasteiger partial charge in [0.2, 0.25) is 0 Å². The molecule has 7 aromatic rings. The van der Waals surface area contributed by atoms with Crippen molar-refractivity contribution in [1.29, 1.82) is 0 Å². The van der Waals surface area contributed by atoms with Crippen molar-refractivity contribution in [3.8, 4) is 67.5 Å². The van der Waals surface area contributed by atoms with Crippen molar-refractivity contribution in [3.63, 3.8) is 0 Å². The number of aryl methyl sites for hydroxylation is 2. The lowest BCUT2D eigenvalue weighted by Crippen LogP contribution is -2.08. The second-order valence-corrected chi connectivity index (χ2v) is 11.5. The predicted octanol–water partition coefficient (Wildman–Crippen LogP) is 10.9. The second kappa shape index (κ2) is 12.7. The van der Waals surface area contributed by atoms with Crippen LogP contribution in [0.4, 0.5) is 13.2 Å². The van der Waals surface area contributed by atoms with Crippen LogP contribution in [0.15, 0.2) is 140 Å². The summed E-state index contributed by atoms with van der Waals surface area (Å²) in [4.78, 5) is 18.5. The van der Waals surface area contributed by atoms with Crippen molar-refractivity contribution in [2.75, 3.05) is 0 Å². The molecule has 4 nitrogen and oxygen atoms in total. The Bertz CT molecular complexity index is 2260. The number of rotatable bonds is 6. The van der Waals surface area contributed by atoms with Gasteiger partial charge in [0.25, 0.3) is 0 Å². The molecule has 0 fully saturated rings. The Balaban J connectivity index is 1.52. The molecule has 0 aliphatic heterocycles. The first-order chi connectivity index (χ1) is 23.3. The monoisotopic (exact) mass is 634 g/mol. The Morgan fingerprint density at radius 2 is 0.917 bits per heavy atom. The maximum absolute atomic E-state index is 14.0. The van der Waals surface area contributed by atoms with E-state index in [1.165, 1.54) is 12.3 Å². The van der Waals surface area contributed by atoms with Crippen molar-refractivity contribution in [3.05, 3.63) is 156 Å². The summed E-state index contributed by atoms with van der Waals surface area (Å²) in [5.41, 5.74) is 9.50. The molecule has 0 spiro atoms. The molecule has 0 radical (unpaired) electrons. The molecule has 4 heterocycles. The molecule has 0 unspecified atom stereocenters. The van der Waals surface area contributed by atoms with E-state index in [1.807, 2.05) is 85.8 Å². The van der Waals surface area contributed by atoms with Gasteiger partial charge in [-0.3, -0.25) is 9.97 Å². The van der Waals surface area contributed by atoms with Crippen LogP contribution in [-0.4, -0.2) is 19.9 Å². The third kappa shape index (κ3) is 5.98. The highest BCUT2D eigenvalue weighted by Crippen LogP contribution is 2.44. The number of nitrogens with zero attached hydrogens (tertiary/aromatic N) is 4. The Labute approximate surface area is 276 Å². The Morgan fingerprint density at radius 3 is 1.48 bits per heavy atom. The summed E-state index contributed by atoms with van der Waals surface area (Å²) in [6.45, 7) is 4.10. The molecule has 0 saturated heterocycles. The zero-order chi connectivity index (χ0) is 33.3. The third-order valence-corrected chi connectivity index (χ3v) is 8.36. The van der Waals surface area contributed by atoms with Crippen LogP contribution < -0.4 is 0 Å². The van der Waals surface area contributed by atoms with Gasteiger partial charge in [-0.05, 0) is 108 Å². The number of hydrogen-bond acceptors (Lipinski definition) is 4. The van der Waals surface area contributed by atoms with Gasteiger partial charge in [-0.25, -0.2) is 9.97 Å². The number of aromatic nitrogens is 4. The van der Waals surface area contributed by atoms with Crippen LogP contribution >= 0.6 is 0 Å². The SMILES string of the molecule is Cc1ccccc1-c1cc(-c2cccc(-c3ncccc3C(F)(F)F)n2)c(-c2ccccc2C)cc1-c1cccc(-c2ccccn2)n1. The summed E-state index contributed by atoms with van der Waals surface area (Å²) in [6.07, 6.45) is -1.48. The molecule has 7 rings (SSSR count). The number of pyridine rings is 4. The first-order valence-electron chi connectivity index (χ1n) is 15.5. The average molecular weight is 635 g/mol. The first-order valence-corrected chi connectivity index (χ1v) is 15.5. The van der Waals surface area contributed by atoms with Gasteiger partial charge in [0.05, 0.1) is 34.0 Å². The van der Waals surface area contributed by atoms with Gasteiger partial charge >= 0.3 is 6.18 Å². The van der Waals surface area contributed by atoms with E-state index in [9.17, 15) is 13.2 Å². The van der Waals surface area contributed by atoms with Crippen molar-refractivity contribution in [2.24, 2.45) is 0 Å². The molecule has 0 aliphatic carbocycles. The molecule has 0 atom stereocenters. The molecular weight excluding hydrogens is 605 g/mol. The van der Waals surface area contributed by atoms with Crippen molar-refractivity contribution in [2.45, 2.75) is 20.0 Å². The van der Waals surface area contributed by atoms with Crippen LogP contribution in [0.5, 0.6) is 0 Å². The van der Waals surface area contributed by atoms with Crippen molar-refractivity contribution in [1.82, 2.24) is 19.9 Å². The highest BCUT2D eigenvalue weighted by Gasteiger charge is 2.34. The predicted molar refractivity (Wildman–Crippen MR) is 185 cm³/mol. The Morgan fingerprint density at radius 1 is 0.417 bits per heavy atom. The molecule has 0 N–H and O–H groups in total. The maximum Gasteiger partial charge on any atom is 0.418 e. The zero-order valence-corrected chi connectivity index (χ0v) is 26.2. The molecule has 0 bridgehead atoms. The number of halogens is 3. The lowest BCUT2D eigenvalue weighted by molar-refractivity contribution is -0.137. The summed E-state index contributed by atoms with van der Waals surface area (Å²) in [5, 5.41) is 0. The standard InChI is InChI=1S/C41H29F3N4/c1-26-12-3-5-14-28(26)30-25-33(36-19-10-21-39(48-36)40-34(41(42,43)44)16-11-23-46-40)31(29-15-6-4-13-27(29)2)24-32(30)35-18-9-20-38(47-35)37-17-7-8-22-45-37/h3-25H,1-2H3. The molecule has 48 heavy (non-hydrogen) atoms. The molecule has 7 heteroatoms. The highest BCUT2D eigenvalue weighted by atomic mass is 19.4. The summed E-state index contributed by atoms with van der Waals surface area (Å²) < 4.78 is 42.1. The van der Waals surface area contributed by atoms with Gasteiger partial charge in [-0.2, -0.15) is 13.2 Å². The van der Waals surface area contributed by atoms with Gasteiger partial charge < -0.3 is 0 Å². The van der Waals surface area contributed by atoms with Gasteiger partial charge in [-0.15, -0.1) is 0 Å². The zero-order valence-electron chi connectivity index (χ0n) is 26.2. The van der Waals surface area contributed by atoms with Crippen molar-refractivity contribution >= 4 is 0 Å². The summed E-state index contributed by atoms with van der Waals surface area (Å²) >= 11 is 0. The fraction of sp³-hybridized carbons (Fsp3) is 0.0732. The molecule has 0 saturated carbocycles. The molecular formula is C41H29F3N4. The van der Waals surface area contributed by atoms with E-state index >= 15 is 0 Å². The van der Waals surface area contributed by atoms with Crippen LogP contribution in [-0.2, 0) is 6.18 Å². The van der Waals surface area contributed by atoms with E-state index < -0.39 is 11.7 Å². The lowest BCUT2D eigenvalue weighted by atomic mass is 9.86. The fourth-order valence-corrected chi connectivity index (χ4v) is 6.02. The van der Waals surface area contributed by atoms with Crippen LogP contribution in [0.3, 0.4) is 0 Å². The fourth-order valence-electron chi connectivity index (χ4n) is 6.02. The van der Waals surface area contributed by atoms with E-state index in [4.69, 9.17) is 9.97 Å². The smallest absolute Gasteiger partial charge is 0.255 e. The van der Waals surface area contributed by atoms with Gasteiger partial charge in [0.1, 0.15) is 5.69 Å². The number of alkyl halides is 3. The first kappa shape index (κ1) is 30.7. The molecule has 0 aliphatic rings. The normalized spacial score (nSPS) is 11.4. The quantitative estimate of drug-likeness (QED) is 0.183. The van der Waals surface area contributed by atoms with Crippen LogP contribution in [0.25, 0.3) is 67.5 Å².